The number of benzene rings is 1. The Morgan fingerprint density at radius 2 is 2.17 bits per heavy atom. The molecule has 6 heteroatoms. The molecule has 2 aromatic heterocycles. The minimum atomic E-state index is 0.0664. The Bertz CT molecular complexity index is 859. The van der Waals surface area contributed by atoms with Crippen LogP contribution in [0.1, 0.15) is 29.8 Å². The number of anilines is 1. The van der Waals surface area contributed by atoms with Crippen molar-refractivity contribution >= 4 is 11.6 Å². The molecule has 1 atom stereocenters. The molecule has 1 unspecified atom stereocenters. The predicted molar refractivity (Wildman–Crippen MR) is 92.2 cm³/mol. The van der Waals surface area contributed by atoms with Gasteiger partial charge in [0.25, 0.3) is 5.78 Å². The number of fused-ring (bicyclic) bond motifs is 1. The monoisotopic (exact) mass is 323 g/mol. The van der Waals surface area contributed by atoms with Crippen LogP contribution in [-0.4, -0.2) is 39.3 Å². The van der Waals surface area contributed by atoms with Gasteiger partial charge in [0.05, 0.1) is 6.61 Å². The maximum atomic E-state index is 6.04. The van der Waals surface area contributed by atoms with Gasteiger partial charge in [0, 0.05) is 24.8 Å². The van der Waals surface area contributed by atoms with E-state index in [4.69, 9.17) is 4.74 Å². The second kappa shape index (κ2) is 6.20. The summed E-state index contributed by atoms with van der Waals surface area (Å²) in [5.41, 5.74) is 3.55. The highest BCUT2D eigenvalue weighted by Gasteiger charge is 2.25. The van der Waals surface area contributed by atoms with Crippen molar-refractivity contribution in [3.05, 3.63) is 53.5 Å². The fraction of sp³-hybridized carbons (Fsp3) is 0.389. The second-order valence-electron chi connectivity index (χ2n) is 6.09. The number of nitrogens with zero attached hydrogens (tertiary/aromatic N) is 5. The van der Waals surface area contributed by atoms with Crippen molar-refractivity contribution < 1.29 is 4.74 Å². The topological polar surface area (TPSA) is 55.6 Å². The van der Waals surface area contributed by atoms with Crippen LogP contribution in [0.5, 0.6) is 0 Å². The number of hydrogen-bond donors (Lipinski definition) is 0. The first-order chi connectivity index (χ1) is 11.8. The minimum absolute atomic E-state index is 0.0664. The Kier molecular flexibility index (Phi) is 3.90. The molecule has 3 heterocycles. The van der Waals surface area contributed by atoms with E-state index < -0.39 is 0 Å². The van der Waals surface area contributed by atoms with E-state index in [1.807, 2.05) is 4.52 Å². The summed E-state index contributed by atoms with van der Waals surface area (Å²) in [7, 11) is 0. The molecule has 0 bridgehead atoms. The first-order valence-corrected chi connectivity index (χ1v) is 8.38. The van der Waals surface area contributed by atoms with Crippen LogP contribution in [0.25, 0.3) is 5.78 Å². The summed E-state index contributed by atoms with van der Waals surface area (Å²) in [5.74, 6) is 1.69. The molecule has 3 aromatic rings. The molecule has 0 saturated carbocycles. The number of aryl methyl sites for hydroxylation is 2. The minimum Gasteiger partial charge on any atom is -0.370 e. The molecule has 24 heavy (non-hydrogen) atoms. The molecule has 1 saturated heterocycles. The molecule has 1 fully saturated rings. The zero-order valence-corrected chi connectivity index (χ0v) is 14.0. The lowest BCUT2D eigenvalue weighted by atomic mass is 10.0. The SMILES string of the molecule is CCc1cc(N2CCOC(c3ccccc3C)C2)n2ncnc2n1. The van der Waals surface area contributed by atoms with Gasteiger partial charge >= 0.3 is 0 Å². The van der Waals surface area contributed by atoms with E-state index in [0.717, 1.165) is 31.0 Å². The fourth-order valence-corrected chi connectivity index (χ4v) is 3.24. The van der Waals surface area contributed by atoms with E-state index in [9.17, 15) is 0 Å². The highest BCUT2D eigenvalue weighted by molar-refractivity contribution is 5.48. The third kappa shape index (κ3) is 2.63. The van der Waals surface area contributed by atoms with Gasteiger partial charge in [-0.1, -0.05) is 31.2 Å². The smallest absolute Gasteiger partial charge is 0.254 e. The summed E-state index contributed by atoms with van der Waals surface area (Å²) in [6.07, 6.45) is 2.50. The molecule has 6 nitrogen and oxygen atoms in total. The third-order valence-electron chi connectivity index (χ3n) is 4.57. The molecule has 4 rings (SSSR count). The fourth-order valence-electron chi connectivity index (χ4n) is 3.24. The summed E-state index contributed by atoms with van der Waals surface area (Å²) in [6, 6.07) is 10.5. The van der Waals surface area contributed by atoms with Crippen molar-refractivity contribution in [1.82, 2.24) is 19.6 Å². The van der Waals surface area contributed by atoms with E-state index in [1.165, 1.54) is 11.1 Å². The average molecular weight is 323 g/mol. The van der Waals surface area contributed by atoms with Gasteiger partial charge in [-0.15, -0.1) is 0 Å². The Morgan fingerprint density at radius 1 is 1.29 bits per heavy atom. The van der Waals surface area contributed by atoms with E-state index in [2.05, 4.69) is 64.1 Å². The molecular weight excluding hydrogens is 302 g/mol. The number of aromatic nitrogens is 4. The molecular formula is C18H21N5O. The van der Waals surface area contributed by atoms with Crippen LogP contribution in [0.4, 0.5) is 5.82 Å². The van der Waals surface area contributed by atoms with Gasteiger partial charge in [-0.25, -0.2) is 4.98 Å². The van der Waals surface area contributed by atoms with Crippen molar-refractivity contribution in [2.45, 2.75) is 26.4 Å². The van der Waals surface area contributed by atoms with Crippen LogP contribution >= 0.6 is 0 Å². The first-order valence-electron chi connectivity index (χ1n) is 8.38. The van der Waals surface area contributed by atoms with Crippen molar-refractivity contribution in [2.75, 3.05) is 24.6 Å². The summed E-state index contributed by atoms with van der Waals surface area (Å²) in [4.78, 5) is 11.1. The highest BCUT2D eigenvalue weighted by atomic mass is 16.5. The summed E-state index contributed by atoms with van der Waals surface area (Å²) >= 11 is 0. The Labute approximate surface area is 141 Å². The van der Waals surface area contributed by atoms with E-state index in [0.29, 0.717) is 12.4 Å². The Balaban J connectivity index is 1.70. The number of ether oxygens (including phenoxy) is 1. The molecule has 0 aliphatic carbocycles. The van der Waals surface area contributed by atoms with Crippen molar-refractivity contribution in [3.8, 4) is 0 Å². The maximum Gasteiger partial charge on any atom is 0.254 e. The molecule has 0 spiro atoms. The lowest BCUT2D eigenvalue weighted by Crippen LogP contribution is -2.39. The standard InChI is InChI=1S/C18H21N5O/c1-3-14-10-17(23-18(21-14)19-12-20-23)22-8-9-24-16(11-22)15-7-5-4-6-13(15)2/h4-7,10,12,16H,3,8-9,11H2,1-2H3. The summed E-state index contributed by atoms with van der Waals surface area (Å²) in [5, 5.41) is 4.35. The third-order valence-corrected chi connectivity index (χ3v) is 4.57. The number of morpholine rings is 1. The van der Waals surface area contributed by atoms with Gasteiger partial charge in [-0.3, -0.25) is 0 Å². The lowest BCUT2D eigenvalue weighted by Gasteiger charge is -2.35. The summed E-state index contributed by atoms with van der Waals surface area (Å²) in [6.45, 7) is 6.57. The van der Waals surface area contributed by atoms with Gasteiger partial charge < -0.3 is 9.64 Å². The summed E-state index contributed by atoms with van der Waals surface area (Å²) < 4.78 is 7.86. The normalized spacial score (nSPS) is 18.2. The van der Waals surface area contributed by atoms with Crippen molar-refractivity contribution in [2.24, 2.45) is 0 Å². The number of rotatable bonds is 3. The average Bonchev–Trinajstić information content (AvgIpc) is 3.10. The quantitative estimate of drug-likeness (QED) is 0.741. The lowest BCUT2D eigenvalue weighted by molar-refractivity contribution is 0.0390. The van der Waals surface area contributed by atoms with Crippen LogP contribution in [0, 0.1) is 6.92 Å². The second-order valence-corrected chi connectivity index (χ2v) is 6.09. The van der Waals surface area contributed by atoms with E-state index >= 15 is 0 Å². The van der Waals surface area contributed by atoms with Crippen molar-refractivity contribution in [3.63, 3.8) is 0 Å². The number of hydrogen-bond acceptors (Lipinski definition) is 5. The molecule has 0 amide bonds. The predicted octanol–water partition coefficient (Wildman–Crippen LogP) is 2.57. The largest absolute Gasteiger partial charge is 0.370 e. The van der Waals surface area contributed by atoms with Gasteiger partial charge in [0.15, 0.2) is 0 Å². The van der Waals surface area contributed by atoms with Gasteiger partial charge in [0.2, 0.25) is 0 Å². The Hall–Kier alpha value is -2.47. The maximum absolute atomic E-state index is 6.04. The molecule has 1 aromatic carbocycles. The molecule has 0 radical (unpaired) electrons. The molecule has 124 valence electrons. The molecule has 1 aliphatic rings. The van der Waals surface area contributed by atoms with Gasteiger partial charge in [-0.2, -0.15) is 14.6 Å². The highest BCUT2D eigenvalue weighted by Crippen LogP contribution is 2.28. The first kappa shape index (κ1) is 15.1. The zero-order chi connectivity index (χ0) is 16.5. The van der Waals surface area contributed by atoms with Crippen LogP contribution in [0.15, 0.2) is 36.7 Å². The van der Waals surface area contributed by atoms with Crippen LogP contribution < -0.4 is 4.90 Å². The van der Waals surface area contributed by atoms with Crippen LogP contribution in [-0.2, 0) is 11.2 Å². The van der Waals surface area contributed by atoms with Gasteiger partial charge in [-0.05, 0) is 24.5 Å². The van der Waals surface area contributed by atoms with E-state index in [1.54, 1.807) is 6.33 Å². The van der Waals surface area contributed by atoms with Gasteiger partial charge in [0.1, 0.15) is 18.2 Å². The zero-order valence-electron chi connectivity index (χ0n) is 14.0. The van der Waals surface area contributed by atoms with Crippen molar-refractivity contribution in [1.29, 1.82) is 0 Å². The van der Waals surface area contributed by atoms with Crippen LogP contribution in [0.3, 0.4) is 0 Å². The van der Waals surface area contributed by atoms with E-state index in [-0.39, 0.29) is 6.10 Å². The molecule has 1 aliphatic heterocycles. The molecule has 0 N–H and O–H groups in total. The Morgan fingerprint density at radius 3 is 3.00 bits per heavy atom. The van der Waals surface area contributed by atoms with Crippen LogP contribution in [0.2, 0.25) is 0 Å².